The molecule has 0 aromatic carbocycles. The molecule has 0 saturated heterocycles. The Morgan fingerprint density at radius 3 is 3.11 bits per heavy atom. The Bertz CT molecular complexity index is 642. The van der Waals surface area contributed by atoms with Gasteiger partial charge in [0.05, 0.1) is 18.9 Å². The molecule has 3 rings (SSSR count). The van der Waals surface area contributed by atoms with Crippen LogP contribution in [0.25, 0.3) is 0 Å². The van der Waals surface area contributed by atoms with E-state index in [0.717, 1.165) is 0 Å². The second-order valence-electron chi connectivity index (χ2n) is 4.10. The van der Waals surface area contributed by atoms with Crippen LogP contribution in [0.4, 0.5) is 5.95 Å². The molecule has 98 valence electrons. The van der Waals surface area contributed by atoms with Gasteiger partial charge < -0.3 is 14.5 Å². The lowest BCUT2D eigenvalue weighted by Gasteiger charge is -2.26. The first-order chi connectivity index (χ1) is 9.22. The van der Waals surface area contributed by atoms with Crippen LogP contribution in [-0.4, -0.2) is 27.8 Å². The highest BCUT2D eigenvalue weighted by atomic mass is 16.5. The normalized spacial score (nSPS) is 17.9. The van der Waals surface area contributed by atoms with Crippen LogP contribution in [0.15, 0.2) is 40.4 Å². The summed E-state index contributed by atoms with van der Waals surface area (Å²) in [5.41, 5.74) is 1.13. The van der Waals surface area contributed by atoms with Crippen molar-refractivity contribution in [1.29, 1.82) is 0 Å². The van der Waals surface area contributed by atoms with Crippen molar-refractivity contribution >= 4 is 11.9 Å². The van der Waals surface area contributed by atoms with E-state index >= 15 is 0 Å². The molecule has 0 amide bonds. The molecule has 1 atom stereocenters. The van der Waals surface area contributed by atoms with Crippen molar-refractivity contribution in [2.75, 3.05) is 12.4 Å². The van der Waals surface area contributed by atoms with Gasteiger partial charge in [-0.05, 0) is 19.1 Å². The highest BCUT2D eigenvalue weighted by molar-refractivity contribution is 5.92. The summed E-state index contributed by atoms with van der Waals surface area (Å²) in [6.45, 7) is 1.79. The van der Waals surface area contributed by atoms with Crippen molar-refractivity contribution in [3.63, 3.8) is 0 Å². The van der Waals surface area contributed by atoms with Crippen LogP contribution in [0, 0.1) is 0 Å². The Labute approximate surface area is 108 Å². The fraction of sp³-hybridized carbons (Fsp3) is 0.250. The maximum Gasteiger partial charge on any atom is 0.338 e. The highest BCUT2D eigenvalue weighted by Crippen LogP contribution is 2.34. The van der Waals surface area contributed by atoms with E-state index in [0.29, 0.717) is 23.0 Å². The largest absolute Gasteiger partial charge is 0.467 e. The van der Waals surface area contributed by atoms with Crippen LogP contribution < -0.4 is 5.32 Å². The minimum atomic E-state index is -0.471. The topological polar surface area (TPSA) is 82.2 Å². The predicted octanol–water partition coefficient (Wildman–Crippen LogP) is 1.33. The molecule has 0 radical (unpaired) electrons. The Morgan fingerprint density at radius 2 is 2.42 bits per heavy atom. The zero-order valence-electron chi connectivity index (χ0n) is 10.5. The first kappa shape index (κ1) is 11.5. The number of methoxy groups -OCH3 is 1. The van der Waals surface area contributed by atoms with Gasteiger partial charge in [0.2, 0.25) is 5.95 Å². The lowest BCUT2D eigenvalue weighted by Crippen LogP contribution is -2.29. The van der Waals surface area contributed by atoms with E-state index in [9.17, 15) is 4.79 Å². The highest BCUT2D eigenvalue weighted by Gasteiger charge is 2.35. The number of hydrogen-bond donors (Lipinski definition) is 1. The first-order valence-corrected chi connectivity index (χ1v) is 5.71. The molecule has 1 N–H and O–H groups in total. The Morgan fingerprint density at radius 1 is 1.58 bits per heavy atom. The number of hydrogen-bond acceptors (Lipinski definition) is 6. The van der Waals surface area contributed by atoms with Crippen molar-refractivity contribution in [3.8, 4) is 0 Å². The van der Waals surface area contributed by atoms with E-state index in [2.05, 4.69) is 15.4 Å². The first-order valence-electron chi connectivity index (χ1n) is 5.71. The molecule has 0 unspecified atom stereocenters. The number of allylic oxidation sites excluding steroid dienone is 1. The molecule has 0 fully saturated rings. The third-order valence-corrected chi connectivity index (χ3v) is 3.01. The molecule has 3 heterocycles. The van der Waals surface area contributed by atoms with Gasteiger partial charge in [-0.25, -0.2) is 9.48 Å². The monoisotopic (exact) mass is 260 g/mol. The molecule has 1 aliphatic heterocycles. The van der Waals surface area contributed by atoms with E-state index in [1.54, 1.807) is 30.0 Å². The van der Waals surface area contributed by atoms with E-state index in [1.165, 1.54) is 13.4 Å². The minimum Gasteiger partial charge on any atom is -0.467 e. The van der Waals surface area contributed by atoms with Crippen LogP contribution in [0.1, 0.15) is 18.7 Å². The van der Waals surface area contributed by atoms with E-state index < -0.39 is 12.0 Å². The molecular weight excluding hydrogens is 248 g/mol. The summed E-state index contributed by atoms with van der Waals surface area (Å²) in [6, 6.07) is 3.08. The lowest BCUT2D eigenvalue weighted by atomic mass is 10.0. The number of rotatable bonds is 2. The quantitative estimate of drug-likeness (QED) is 0.820. The zero-order valence-corrected chi connectivity index (χ0v) is 10.5. The Hall–Kier alpha value is -2.57. The Kier molecular flexibility index (Phi) is 2.59. The average molecular weight is 260 g/mol. The fourth-order valence-corrected chi connectivity index (χ4v) is 2.18. The lowest BCUT2D eigenvalue weighted by molar-refractivity contribution is -0.136. The number of aromatic nitrogens is 3. The van der Waals surface area contributed by atoms with Gasteiger partial charge in [-0.1, -0.05) is 0 Å². The van der Waals surface area contributed by atoms with Crippen molar-refractivity contribution < 1.29 is 13.9 Å². The summed E-state index contributed by atoms with van der Waals surface area (Å²) in [5.74, 6) is 0.743. The number of furan rings is 1. The smallest absolute Gasteiger partial charge is 0.338 e. The van der Waals surface area contributed by atoms with E-state index in [-0.39, 0.29) is 0 Å². The van der Waals surface area contributed by atoms with Gasteiger partial charge in [0.15, 0.2) is 0 Å². The molecule has 1 aliphatic rings. The maximum absolute atomic E-state index is 12.0. The SMILES string of the molecule is COC(=O)C1=C(C)Nc2ncnn2[C@@H]1c1ccco1. The van der Waals surface area contributed by atoms with Gasteiger partial charge in [0, 0.05) is 5.70 Å². The van der Waals surface area contributed by atoms with Gasteiger partial charge in [-0.2, -0.15) is 10.1 Å². The summed E-state index contributed by atoms with van der Waals surface area (Å²) in [6.07, 6.45) is 2.98. The molecule has 7 heteroatoms. The molecule has 2 aromatic rings. The molecular formula is C12H12N4O3. The number of ether oxygens (including phenoxy) is 1. The van der Waals surface area contributed by atoms with Gasteiger partial charge >= 0.3 is 5.97 Å². The zero-order chi connectivity index (χ0) is 13.4. The number of anilines is 1. The summed E-state index contributed by atoms with van der Waals surface area (Å²) >= 11 is 0. The molecule has 0 aliphatic carbocycles. The van der Waals surface area contributed by atoms with Crippen LogP contribution in [0.5, 0.6) is 0 Å². The third kappa shape index (κ3) is 1.70. The summed E-state index contributed by atoms with van der Waals surface area (Å²) < 4.78 is 11.8. The van der Waals surface area contributed by atoms with Crippen molar-refractivity contribution in [3.05, 3.63) is 41.8 Å². The molecule has 0 bridgehead atoms. The van der Waals surface area contributed by atoms with Crippen LogP contribution >= 0.6 is 0 Å². The van der Waals surface area contributed by atoms with Gasteiger partial charge in [0.1, 0.15) is 18.1 Å². The van der Waals surface area contributed by atoms with Crippen molar-refractivity contribution in [2.45, 2.75) is 13.0 Å². The van der Waals surface area contributed by atoms with Gasteiger partial charge in [-0.15, -0.1) is 0 Å². The molecule has 0 spiro atoms. The fourth-order valence-electron chi connectivity index (χ4n) is 2.18. The maximum atomic E-state index is 12.0. The minimum absolute atomic E-state index is 0.424. The number of esters is 1. The second-order valence-corrected chi connectivity index (χ2v) is 4.10. The van der Waals surface area contributed by atoms with Crippen LogP contribution in [0.2, 0.25) is 0 Å². The summed E-state index contributed by atoms with van der Waals surface area (Å²) in [4.78, 5) is 16.1. The van der Waals surface area contributed by atoms with Crippen LogP contribution in [-0.2, 0) is 9.53 Å². The third-order valence-electron chi connectivity index (χ3n) is 3.01. The van der Waals surface area contributed by atoms with Gasteiger partial charge in [0.25, 0.3) is 0 Å². The predicted molar refractivity (Wildman–Crippen MR) is 65.2 cm³/mol. The van der Waals surface area contributed by atoms with E-state index in [4.69, 9.17) is 9.15 Å². The molecule has 2 aromatic heterocycles. The van der Waals surface area contributed by atoms with Crippen LogP contribution in [0.3, 0.4) is 0 Å². The summed E-state index contributed by atoms with van der Waals surface area (Å²) in [5, 5.41) is 7.16. The number of fused-ring (bicyclic) bond motifs is 1. The number of carbonyl (C=O) groups is 1. The number of carbonyl (C=O) groups excluding carboxylic acids is 1. The number of nitrogens with zero attached hydrogens (tertiary/aromatic N) is 3. The standard InChI is InChI=1S/C12H12N4O3/c1-7-9(11(17)18-2)10(8-4-3-5-19-8)16-12(15-7)13-6-14-16/h3-6,10H,1-2H3,(H,13,14,15)/t10-/m1/s1. The average Bonchev–Trinajstić information content (AvgIpc) is 3.06. The van der Waals surface area contributed by atoms with Crippen molar-refractivity contribution in [1.82, 2.24) is 14.8 Å². The van der Waals surface area contributed by atoms with E-state index in [1.807, 2.05) is 0 Å². The Balaban J connectivity index is 2.18. The van der Waals surface area contributed by atoms with Crippen molar-refractivity contribution in [2.24, 2.45) is 0 Å². The molecule has 19 heavy (non-hydrogen) atoms. The number of nitrogens with one attached hydrogen (secondary N) is 1. The summed E-state index contributed by atoms with van der Waals surface area (Å²) in [7, 11) is 1.35. The van der Waals surface area contributed by atoms with Gasteiger partial charge in [-0.3, -0.25) is 0 Å². The molecule has 7 nitrogen and oxygen atoms in total. The molecule has 0 saturated carbocycles. The second kappa shape index (κ2) is 4.27.